The van der Waals surface area contributed by atoms with Crippen molar-refractivity contribution in [2.24, 2.45) is 0 Å². The molecule has 0 radical (unpaired) electrons. The first-order valence-corrected chi connectivity index (χ1v) is 10.2. The molecule has 1 aliphatic rings. The Bertz CT molecular complexity index is 1100. The summed E-state index contributed by atoms with van der Waals surface area (Å²) in [6.07, 6.45) is 0. The third kappa shape index (κ3) is 4.57. The number of morpholine rings is 1. The van der Waals surface area contributed by atoms with Gasteiger partial charge >= 0.3 is 0 Å². The van der Waals surface area contributed by atoms with Crippen LogP contribution in [0, 0.1) is 11.3 Å². The van der Waals surface area contributed by atoms with Crippen molar-refractivity contribution < 1.29 is 14.2 Å². The fourth-order valence-corrected chi connectivity index (χ4v) is 3.76. The Balaban J connectivity index is 1.60. The number of hydrogen-bond donors (Lipinski definition) is 1. The van der Waals surface area contributed by atoms with Gasteiger partial charge in [0.2, 0.25) is 0 Å². The van der Waals surface area contributed by atoms with E-state index in [1.54, 1.807) is 20.3 Å². The van der Waals surface area contributed by atoms with E-state index < -0.39 is 0 Å². The molecule has 3 aromatic rings. The number of ether oxygens (including phenoxy) is 3. The SMILES string of the molecule is COc1ccc(C#N)cc1-c1cccc(Nc2ccc(N3CCOCC3)c(OC)c2)c1. The zero-order valence-electron chi connectivity index (χ0n) is 17.7. The van der Waals surface area contributed by atoms with Gasteiger partial charge in [0.25, 0.3) is 0 Å². The summed E-state index contributed by atoms with van der Waals surface area (Å²) in [6, 6.07) is 21.8. The van der Waals surface area contributed by atoms with E-state index in [1.165, 1.54) is 0 Å². The molecule has 0 aromatic heterocycles. The van der Waals surface area contributed by atoms with Gasteiger partial charge in [0.05, 0.1) is 44.8 Å². The normalized spacial score (nSPS) is 13.4. The molecule has 0 spiro atoms. The minimum atomic E-state index is 0.595. The van der Waals surface area contributed by atoms with Crippen LogP contribution in [0.15, 0.2) is 60.7 Å². The van der Waals surface area contributed by atoms with Crippen LogP contribution in [0.5, 0.6) is 11.5 Å². The van der Waals surface area contributed by atoms with Gasteiger partial charge in [-0.3, -0.25) is 0 Å². The Morgan fingerprint density at radius 1 is 0.903 bits per heavy atom. The summed E-state index contributed by atoms with van der Waals surface area (Å²) >= 11 is 0. The molecule has 6 heteroatoms. The van der Waals surface area contributed by atoms with Crippen LogP contribution in [0.1, 0.15) is 5.56 Å². The van der Waals surface area contributed by atoms with E-state index in [1.807, 2.05) is 42.5 Å². The van der Waals surface area contributed by atoms with Gasteiger partial charge in [-0.1, -0.05) is 12.1 Å². The Kier molecular flexibility index (Phi) is 6.25. The maximum atomic E-state index is 9.26. The maximum Gasteiger partial charge on any atom is 0.144 e. The maximum absolute atomic E-state index is 9.26. The predicted octanol–water partition coefficient (Wildman–Crippen LogP) is 4.82. The van der Waals surface area contributed by atoms with Gasteiger partial charge in [-0.15, -0.1) is 0 Å². The highest BCUT2D eigenvalue weighted by atomic mass is 16.5. The number of rotatable bonds is 6. The van der Waals surface area contributed by atoms with Crippen molar-refractivity contribution in [2.45, 2.75) is 0 Å². The molecule has 1 heterocycles. The molecule has 1 fully saturated rings. The van der Waals surface area contributed by atoms with Crippen LogP contribution in [0.25, 0.3) is 11.1 Å². The van der Waals surface area contributed by atoms with Crippen molar-refractivity contribution >= 4 is 17.1 Å². The Hall–Kier alpha value is -3.69. The standard InChI is InChI=1S/C25H25N3O3/c1-29-24-9-6-18(17-26)14-22(24)19-4-3-5-20(15-19)27-21-7-8-23(25(16-21)30-2)28-10-12-31-13-11-28/h3-9,14-16,27H,10-13H2,1-2H3. The Labute approximate surface area is 182 Å². The molecule has 0 unspecified atom stereocenters. The first kappa shape index (κ1) is 20.6. The minimum Gasteiger partial charge on any atom is -0.496 e. The molecule has 0 aliphatic carbocycles. The second-order valence-electron chi connectivity index (χ2n) is 7.22. The van der Waals surface area contributed by atoms with Crippen molar-refractivity contribution in [1.82, 2.24) is 0 Å². The van der Waals surface area contributed by atoms with Crippen LogP contribution in [0.4, 0.5) is 17.1 Å². The summed E-state index contributed by atoms with van der Waals surface area (Å²) in [5.41, 5.74) is 5.38. The third-order valence-electron chi connectivity index (χ3n) is 5.32. The molecule has 0 bridgehead atoms. The quantitative estimate of drug-likeness (QED) is 0.622. The molecule has 1 N–H and O–H groups in total. The smallest absolute Gasteiger partial charge is 0.144 e. The first-order valence-electron chi connectivity index (χ1n) is 10.2. The van der Waals surface area contributed by atoms with Crippen molar-refractivity contribution in [1.29, 1.82) is 5.26 Å². The fourth-order valence-electron chi connectivity index (χ4n) is 3.76. The highest BCUT2D eigenvalue weighted by Crippen LogP contribution is 2.35. The second-order valence-corrected chi connectivity index (χ2v) is 7.22. The molecule has 31 heavy (non-hydrogen) atoms. The summed E-state index contributed by atoms with van der Waals surface area (Å²) < 4.78 is 16.6. The van der Waals surface area contributed by atoms with Gasteiger partial charge in [0.1, 0.15) is 11.5 Å². The van der Waals surface area contributed by atoms with Crippen LogP contribution in [0.2, 0.25) is 0 Å². The van der Waals surface area contributed by atoms with Crippen LogP contribution in [0.3, 0.4) is 0 Å². The lowest BCUT2D eigenvalue weighted by molar-refractivity contribution is 0.122. The van der Waals surface area contributed by atoms with Gasteiger partial charge in [-0.2, -0.15) is 5.26 Å². The van der Waals surface area contributed by atoms with E-state index in [0.29, 0.717) is 5.56 Å². The molecule has 1 saturated heterocycles. The van der Waals surface area contributed by atoms with E-state index in [4.69, 9.17) is 14.2 Å². The summed E-state index contributed by atoms with van der Waals surface area (Å²) in [4.78, 5) is 2.28. The van der Waals surface area contributed by atoms with E-state index in [2.05, 4.69) is 28.4 Å². The summed E-state index contributed by atoms with van der Waals surface area (Å²) in [6.45, 7) is 3.17. The monoisotopic (exact) mass is 415 g/mol. The molecule has 3 aromatic carbocycles. The molecule has 4 rings (SSSR count). The molecule has 0 saturated carbocycles. The average molecular weight is 415 g/mol. The van der Waals surface area contributed by atoms with Gasteiger partial charge in [0, 0.05) is 36.1 Å². The predicted molar refractivity (Wildman–Crippen MR) is 122 cm³/mol. The highest BCUT2D eigenvalue weighted by molar-refractivity contribution is 5.77. The van der Waals surface area contributed by atoms with E-state index in [9.17, 15) is 5.26 Å². The van der Waals surface area contributed by atoms with Crippen LogP contribution in [-0.4, -0.2) is 40.5 Å². The lowest BCUT2D eigenvalue weighted by atomic mass is 10.0. The van der Waals surface area contributed by atoms with Crippen LogP contribution < -0.4 is 19.7 Å². The van der Waals surface area contributed by atoms with Gasteiger partial charge in [-0.25, -0.2) is 0 Å². The molecule has 6 nitrogen and oxygen atoms in total. The number of nitrogens with zero attached hydrogens (tertiary/aromatic N) is 2. The lowest BCUT2D eigenvalue weighted by Gasteiger charge is -2.30. The fraction of sp³-hybridized carbons (Fsp3) is 0.240. The number of nitriles is 1. The Morgan fingerprint density at radius 3 is 2.42 bits per heavy atom. The van der Waals surface area contributed by atoms with Gasteiger partial charge in [0.15, 0.2) is 0 Å². The van der Waals surface area contributed by atoms with Crippen molar-refractivity contribution in [3.05, 3.63) is 66.2 Å². The zero-order chi connectivity index (χ0) is 21.6. The summed E-state index contributed by atoms with van der Waals surface area (Å²) in [7, 11) is 3.33. The van der Waals surface area contributed by atoms with Gasteiger partial charge < -0.3 is 24.4 Å². The average Bonchev–Trinajstić information content (AvgIpc) is 2.84. The number of methoxy groups -OCH3 is 2. The Morgan fingerprint density at radius 2 is 1.68 bits per heavy atom. The molecule has 0 amide bonds. The topological polar surface area (TPSA) is 66.8 Å². The van der Waals surface area contributed by atoms with E-state index in [0.717, 1.165) is 66.0 Å². The lowest BCUT2D eigenvalue weighted by Crippen LogP contribution is -2.36. The van der Waals surface area contributed by atoms with Crippen LogP contribution in [-0.2, 0) is 4.74 Å². The minimum absolute atomic E-state index is 0.595. The van der Waals surface area contributed by atoms with Crippen LogP contribution >= 0.6 is 0 Å². The molecular formula is C25H25N3O3. The third-order valence-corrected chi connectivity index (χ3v) is 5.32. The number of anilines is 3. The molecule has 158 valence electrons. The molecule has 0 atom stereocenters. The van der Waals surface area contributed by atoms with E-state index in [-0.39, 0.29) is 0 Å². The highest BCUT2D eigenvalue weighted by Gasteiger charge is 2.16. The molecular weight excluding hydrogens is 390 g/mol. The number of nitrogens with one attached hydrogen (secondary N) is 1. The molecule has 1 aliphatic heterocycles. The van der Waals surface area contributed by atoms with Gasteiger partial charge in [-0.05, 0) is 48.0 Å². The first-order chi connectivity index (χ1) is 15.2. The van der Waals surface area contributed by atoms with E-state index >= 15 is 0 Å². The van der Waals surface area contributed by atoms with Crippen molar-refractivity contribution in [3.63, 3.8) is 0 Å². The second kappa shape index (κ2) is 9.41. The summed E-state index contributed by atoms with van der Waals surface area (Å²) in [5, 5.41) is 12.7. The number of hydrogen-bond acceptors (Lipinski definition) is 6. The van der Waals surface area contributed by atoms with Crippen molar-refractivity contribution in [3.8, 4) is 28.7 Å². The summed E-state index contributed by atoms with van der Waals surface area (Å²) in [5.74, 6) is 1.55. The number of benzene rings is 3. The van der Waals surface area contributed by atoms with Crippen molar-refractivity contribution in [2.75, 3.05) is 50.7 Å². The zero-order valence-corrected chi connectivity index (χ0v) is 17.7. The largest absolute Gasteiger partial charge is 0.496 e.